The zero-order valence-electron chi connectivity index (χ0n) is 26.0. The van der Waals surface area contributed by atoms with Crippen molar-refractivity contribution in [3.63, 3.8) is 0 Å². The summed E-state index contributed by atoms with van der Waals surface area (Å²) in [5, 5.41) is 9.13. The van der Waals surface area contributed by atoms with Crippen LogP contribution in [0.2, 0.25) is 0 Å². The number of amidine groups is 1. The Morgan fingerprint density at radius 1 is 0.717 bits per heavy atom. The van der Waals surface area contributed by atoms with Crippen molar-refractivity contribution in [2.24, 2.45) is 10.7 Å². The van der Waals surface area contributed by atoms with Gasteiger partial charge in [0.15, 0.2) is 0 Å². The van der Waals surface area contributed by atoms with Gasteiger partial charge in [0, 0.05) is 12.1 Å². The summed E-state index contributed by atoms with van der Waals surface area (Å²) in [6.07, 6.45) is 1.35. The molecule has 0 spiro atoms. The number of carbonyl (C=O) groups is 3. The molecule has 0 saturated heterocycles. The van der Waals surface area contributed by atoms with Crippen LogP contribution < -0.4 is 21.7 Å². The minimum atomic E-state index is -0.776. The summed E-state index contributed by atoms with van der Waals surface area (Å²) in [6, 6.07) is 35.3. The van der Waals surface area contributed by atoms with Gasteiger partial charge in [-0.05, 0) is 55.0 Å². The fourth-order valence-corrected chi connectivity index (χ4v) is 4.75. The van der Waals surface area contributed by atoms with Crippen LogP contribution in [0.5, 0.6) is 0 Å². The second-order valence-electron chi connectivity index (χ2n) is 10.9. The van der Waals surface area contributed by atoms with Gasteiger partial charge >= 0.3 is 6.09 Å². The molecule has 4 aromatic carbocycles. The molecule has 0 unspecified atom stereocenters. The van der Waals surface area contributed by atoms with E-state index < -0.39 is 18.2 Å². The number of hydrogen-bond acceptors (Lipinski definition) is 5. The number of nitrogens with zero attached hydrogens (tertiary/aromatic N) is 1. The highest BCUT2D eigenvalue weighted by molar-refractivity contribution is 6.02. The molecule has 0 bridgehead atoms. The molecule has 9 nitrogen and oxygen atoms in total. The van der Waals surface area contributed by atoms with Gasteiger partial charge in [0.1, 0.15) is 18.5 Å². The summed E-state index contributed by atoms with van der Waals surface area (Å²) < 4.78 is 5.16. The molecule has 0 aromatic heterocycles. The van der Waals surface area contributed by atoms with Crippen LogP contribution in [0.3, 0.4) is 0 Å². The zero-order chi connectivity index (χ0) is 32.6. The van der Waals surface area contributed by atoms with Gasteiger partial charge in [-0.25, -0.2) is 4.79 Å². The molecule has 0 aliphatic carbocycles. The van der Waals surface area contributed by atoms with Crippen LogP contribution in [0, 0.1) is 0 Å². The Labute approximate surface area is 270 Å². The molecular weight excluding hydrogens is 578 g/mol. The van der Waals surface area contributed by atoms with Crippen LogP contribution in [0.25, 0.3) is 0 Å². The maximum atomic E-state index is 13.3. The van der Waals surface area contributed by atoms with E-state index in [4.69, 9.17) is 10.5 Å². The Morgan fingerprint density at radius 3 is 1.89 bits per heavy atom. The highest BCUT2D eigenvalue weighted by Crippen LogP contribution is 2.08. The Hall–Kier alpha value is -5.28. The zero-order valence-corrected chi connectivity index (χ0v) is 26.0. The highest BCUT2D eigenvalue weighted by atomic mass is 16.5. The van der Waals surface area contributed by atoms with Gasteiger partial charge < -0.3 is 26.4 Å². The van der Waals surface area contributed by atoms with Crippen molar-refractivity contribution in [3.8, 4) is 0 Å². The largest absolute Gasteiger partial charge is 0.443 e. The fourth-order valence-electron chi connectivity index (χ4n) is 4.75. The summed E-state index contributed by atoms with van der Waals surface area (Å²) in [6.45, 7) is 2.66. The lowest BCUT2D eigenvalue weighted by Gasteiger charge is -2.21. The van der Waals surface area contributed by atoms with E-state index in [1.807, 2.05) is 78.9 Å². The van der Waals surface area contributed by atoms with Crippen LogP contribution in [-0.4, -0.2) is 42.4 Å². The topological polar surface area (TPSA) is 135 Å². The summed E-state index contributed by atoms with van der Waals surface area (Å²) in [5.41, 5.74) is 10.6. The number of rotatable bonds is 15. The second kappa shape index (κ2) is 17.9. The molecule has 3 amide bonds. The first-order valence-corrected chi connectivity index (χ1v) is 15.4. The van der Waals surface area contributed by atoms with Gasteiger partial charge in [0.25, 0.3) is 0 Å². The van der Waals surface area contributed by atoms with Gasteiger partial charge in [-0.3, -0.25) is 9.59 Å². The van der Waals surface area contributed by atoms with Crippen LogP contribution in [0.15, 0.2) is 120 Å². The predicted molar refractivity (Wildman–Crippen MR) is 180 cm³/mol. The van der Waals surface area contributed by atoms with Crippen molar-refractivity contribution < 1.29 is 19.1 Å². The third kappa shape index (κ3) is 11.3. The average Bonchev–Trinajstić information content (AvgIpc) is 3.09. The van der Waals surface area contributed by atoms with Crippen molar-refractivity contribution in [1.29, 1.82) is 0 Å². The average molecular weight is 620 g/mol. The van der Waals surface area contributed by atoms with E-state index in [2.05, 4.69) is 33.1 Å². The van der Waals surface area contributed by atoms with E-state index in [1.54, 1.807) is 31.2 Å². The molecule has 9 heteroatoms. The molecule has 238 valence electrons. The molecule has 0 radical (unpaired) electrons. The number of ether oxygens (including phenoxy) is 1. The number of aryl methyl sites for hydroxylation is 1. The first kappa shape index (κ1) is 33.6. The third-order valence-electron chi connectivity index (χ3n) is 7.41. The molecule has 46 heavy (non-hydrogen) atoms. The van der Waals surface area contributed by atoms with E-state index in [-0.39, 0.29) is 30.8 Å². The van der Waals surface area contributed by atoms with Crippen LogP contribution in [0.1, 0.15) is 41.2 Å². The number of nitrogens with two attached hydrogens (primary N) is 1. The smallest absolute Gasteiger partial charge is 0.435 e. The van der Waals surface area contributed by atoms with Gasteiger partial charge in [-0.15, -0.1) is 0 Å². The maximum absolute atomic E-state index is 13.3. The molecule has 5 N–H and O–H groups in total. The van der Waals surface area contributed by atoms with Crippen molar-refractivity contribution in [2.75, 3.05) is 6.54 Å². The highest BCUT2D eigenvalue weighted by Gasteiger charge is 2.22. The Balaban J connectivity index is 1.25. The number of carbonyl (C=O) groups excluding carboxylic acids is 3. The molecule has 0 aliphatic heterocycles. The molecule has 0 saturated carbocycles. The van der Waals surface area contributed by atoms with E-state index in [1.165, 1.54) is 5.56 Å². The van der Waals surface area contributed by atoms with E-state index in [9.17, 15) is 14.4 Å². The van der Waals surface area contributed by atoms with Gasteiger partial charge in [-0.1, -0.05) is 115 Å². The van der Waals surface area contributed by atoms with Crippen molar-refractivity contribution >= 4 is 23.7 Å². The Kier molecular flexibility index (Phi) is 13.1. The molecule has 0 heterocycles. The third-order valence-corrected chi connectivity index (χ3v) is 7.41. The number of nitrogens with one attached hydrogen (secondary N) is 3. The fraction of sp³-hybridized carbons (Fsp3) is 0.243. The quantitative estimate of drug-likeness (QED) is 0.113. The summed E-state index contributed by atoms with van der Waals surface area (Å²) in [4.78, 5) is 42.0. The molecule has 0 fully saturated rings. The molecule has 0 aliphatic rings. The minimum Gasteiger partial charge on any atom is -0.443 e. The maximum Gasteiger partial charge on any atom is 0.435 e. The molecule has 2 atom stereocenters. The standard InChI is InChI=1S/C37H41N5O4/c1-27(41-36(44)33(22-19-28-11-5-2-6-12-28)39-24-23-29-13-7-3-8-14-29)35(43)40-25-30-17-20-32(21-18-30)34(38)42-37(45)46-26-31-15-9-4-10-16-31/h2-18,20-21,27,33,39H,19,22-26H2,1H3,(H,40,43)(H,41,44)(H2,38,42,45)/t27-,33+/m0/s1. The van der Waals surface area contributed by atoms with Crippen LogP contribution in [0.4, 0.5) is 4.79 Å². The van der Waals surface area contributed by atoms with Gasteiger partial charge in [0.05, 0.1) is 6.04 Å². The van der Waals surface area contributed by atoms with Gasteiger partial charge in [-0.2, -0.15) is 4.99 Å². The van der Waals surface area contributed by atoms with Crippen LogP contribution >= 0.6 is 0 Å². The minimum absolute atomic E-state index is 0.0316. The normalized spacial score (nSPS) is 12.5. The Morgan fingerprint density at radius 2 is 1.28 bits per heavy atom. The van der Waals surface area contributed by atoms with E-state index in [0.717, 1.165) is 29.5 Å². The van der Waals surface area contributed by atoms with Crippen molar-refractivity contribution in [2.45, 2.75) is 51.4 Å². The number of amides is 3. The van der Waals surface area contributed by atoms with Crippen molar-refractivity contribution in [3.05, 3.63) is 143 Å². The Bertz CT molecular complexity index is 1560. The number of hydrogen-bond donors (Lipinski definition) is 4. The van der Waals surface area contributed by atoms with Crippen LogP contribution in [-0.2, 0) is 40.3 Å². The van der Waals surface area contributed by atoms with E-state index >= 15 is 0 Å². The second-order valence-corrected chi connectivity index (χ2v) is 10.9. The lowest BCUT2D eigenvalue weighted by Crippen LogP contribution is -2.52. The summed E-state index contributed by atoms with van der Waals surface area (Å²) >= 11 is 0. The predicted octanol–water partition coefficient (Wildman–Crippen LogP) is 4.68. The number of benzene rings is 4. The molecule has 4 aromatic rings. The van der Waals surface area contributed by atoms with Gasteiger partial charge in [0.2, 0.25) is 11.8 Å². The summed E-state index contributed by atoms with van der Waals surface area (Å²) in [5.74, 6) is -0.483. The monoisotopic (exact) mass is 619 g/mol. The number of aliphatic imine (C=N–C) groups is 1. The summed E-state index contributed by atoms with van der Waals surface area (Å²) in [7, 11) is 0. The lowest BCUT2D eigenvalue weighted by molar-refractivity contribution is -0.129. The van der Waals surface area contributed by atoms with E-state index in [0.29, 0.717) is 18.5 Å². The molecule has 4 rings (SSSR count). The molecular formula is C37H41N5O4. The first-order chi connectivity index (χ1) is 22.4. The lowest BCUT2D eigenvalue weighted by atomic mass is 10.0. The first-order valence-electron chi connectivity index (χ1n) is 15.4. The SMILES string of the molecule is C[C@H](NC(=O)[C@@H](CCc1ccccc1)NCCc1ccccc1)C(=O)NCc1ccc(/C(N)=N/C(=O)OCc2ccccc2)cc1. The van der Waals surface area contributed by atoms with Crippen molar-refractivity contribution in [1.82, 2.24) is 16.0 Å².